The number of aryl methyl sites for hydroxylation is 1. The van der Waals surface area contributed by atoms with Crippen LogP contribution in [0.3, 0.4) is 0 Å². The molecule has 4 N–H and O–H groups in total. The fraction of sp³-hybridized carbons (Fsp3) is 0.571. The summed E-state index contributed by atoms with van der Waals surface area (Å²) in [7, 11) is -3.69. The van der Waals surface area contributed by atoms with Crippen molar-refractivity contribution in [2.75, 3.05) is 5.73 Å². The van der Waals surface area contributed by atoms with Crippen molar-refractivity contribution in [1.29, 1.82) is 0 Å². The number of hydrogen-bond donors (Lipinski definition) is 3. The van der Waals surface area contributed by atoms with Gasteiger partial charge >= 0.3 is 0 Å². The van der Waals surface area contributed by atoms with Gasteiger partial charge in [0.25, 0.3) is 0 Å². The first-order chi connectivity index (χ1) is 9.81. The van der Waals surface area contributed by atoms with Crippen molar-refractivity contribution in [2.45, 2.75) is 56.1 Å². The van der Waals surface area contributed by atoms with Crippen LogP contribution in [0.2, 0.25) is 0 Å². The molecule has 0 aliphatic heterocycles. The van der Waals surface area contributed by atoms with Crippen molar-refractivity contribution >= 4 is 31.6 Å². The Balaban J connectivity index is 2.27. The number of hydrogen-bond acceptors (Lipinski definition) is 4. The fourth-order valence-electron chi connectivity index (χ4n) is 2.65. The summed E-state index contributed by atoms with van der Waals surface area (Å²) in [5.74, 6) is 0. The highest BCUT2D eigenvalue weighted by atomic mass is 79.9. The SMILES string of the molecule is Cc1cc(Br)c(N)cc1S(=O)(=O)NC1CCCCCC1O. The molecule has 0 heterocycles. The van der Waals surface area contributed by atoms with Crippen LogP contribution in [-0.2, 0) is 10.0 Å². The normalized spacial score (nSPS) is 23.8. The maximum Gasteiger partial charge on any atom is 0.241 e. The Kier molecular flexibility index (Phi) is 5.29. The molecule has 2 atom stereocenters. The van der Waals surface area contributed by atoms with Crippen LogP contribution in [0.25, 0.3) is 0 Å². The van der Waals surface area contributed by atoms with Crippen LogP contribution in [0.4, 0.5) is 5.69 Å². The molecule has 0 spiro atoms. The van der Waals surface area contributed by atoms with Crippen molar-refractivity contribution in [1.82, 2.24) is 4.72 Å². The molecule has 5 nitrogen and oxygen atoms in total. The lowest BCUT2D eigenvalue weighted by molar-refractivity contribution is 0.130. The molecule has 7 heteroatoms. The fourth-order valence-corrected chi connectivity index (χ4v) is 4.67. The van der Waals surface area contributed by atoms with Gasteiger partial charge in [-0.3, -0.25) is 0 Å². The molecule has 0 amide bonds. The Bertz CT molecular complexity index is 619. The lowest BCUT2D eigenvalue weighted by Gasteiger charge is -2.22. The van der Waals surface area contributed by atoms with E-state index in [1.165, 1.54) is 6.07 Å². The summed E-state index contributed by atoms with van der Waals surface area (Å²) in [5, 5.41) is 10.1. The third-order valence-corrected chi connectivity index (χ3v) is 6.19. The topological polar surface area (TPSA) is 92.4 Å². The smallest absolute Gasteiger partial charge is 0.241 e. The highest BCUT2D eigenvalue weighted by Gasteiger charge is 2.28. The molecule has 2 rings (SSSR count). The van der Waals surface area contributed by atoms with E-state index < -0.39 is 22.2 Å². The van der Waals surface area contributed by atoms with Gasteiger partial charge in [-0.05, 0) is 53.4 Å². The molecule has 0 radical (unpaired) electrons. The van der Waals surface area contributed by atoms with Crippen molar-refractivity contribution in [2.24, 2.45) is 0 Å². The Hall–Kier alpha value is -0.630. The quantitative estimate of drug-likeness (QED) is 0.557. The van der Waals surface area contributed by atoms with E-state index in [0.717, 1.165) is 19.3 Å². The summed E-state index contributed by atoms with van der Waals surface area (Å²) in [5.41, 5.74) is 6.78. The summed E-state index contributed by atoms with van der Waals surface area (Å²) in [6, 6.07) is 2.71. The maximum atomic E-state index is 12.5. The predicted octanol–water partition coefficient (Wildman–Crippen LogP) is 2.31. The number of anilines is 1. The molecule has 21 heavy (non-hydrogen) atoms. The second-order valence-corrected chi connectivity index (χ2v) is 8.11. The molecule has 0 bridgehead atoms. The standard InChI is InChI=1S/C14H21BrN2O3S/c1-9-7-10(15)11(16)8-14(9)21(19,20)17-12-5-3-2-4-6-13(12)18/h7-8,12-13,17-18H,2-6,16H2,1H3. The van der Waals surface area contributed by atoms with Gasteiger partial charge in [0.05, 0.1) is 11.0 Å². The van der Waals surface area contributed by atoms with Crippen molar-refractivity contribution < 1.29 is 13.5 Å². The average molecular weight is 377 g/mol. The van der Waals surface area contributed by atoms with Crippen molar-refractivity contribution in [3.63, 3.8) is 0 Å². The number of halogens is 1. The van der Waals surface area contributed by atoms with Crippen molar-refractivity contribution in [3.05, 3.63) is 22.2 Å². The maximum absolute atomic E-state index is 12.5. The lowest BCUT2D eigenvalue weighted by atomic mass is 10.1. The highest BCUT2D eigenvalue weighted by Crippen LogP contribution is 2.27. The molecule has 1 aliphatic carbocycles. The van der Waals surface area contributed by atoms with E-state index in [1.54, 1.807) is 13.0 Å². The molecule has 1 aliphatic rings. The van der Waals surface area contributed by atoms with E-state index in [9.17, 15) is 13.5 Å². The van der Waals surface area contributed by atoms with Crippen LogP contribution in [0.5, 0.6) is 0 Å². The van der Waals surface area contributed by atoms with Gasteiger partial charge in [0.1, 0.15) is 0 Å². The number of benzene rings is 1. The van der Waals surface area contributed by atoms with E-state index in [2.05, 4.69) is 20.7 Å². The van der Waals surface area contributed by atoms with Gasteiger partial charge in [0.2, 0.25) is 10.0 Å². The molecule has 1 saturated carbocycles. The van der Waals surface area contributed by atoms with E-state index in [4.69, 9.17) is 5.73 Å². The first-order valence-corrected chi connectivity index (χ1v) is 9.35. The largest absolute Gasteiger partial charge is 0.398 e. The monoisotopic (exact) mass is 376 g/mol. The Morgan fingerprint density at radius 1 is 1.29 bits per heavy atom. The summed E-state index contributed by atoms with van der Waals surface area (Å²) in [6.07, 6.45) is 3.55. The average Bonchev–Trinajstić information content (AvgIpc) is 2.59. The van der Waals surface area contributed by atoms with Gasteiger partial charge in [-0.15, -0.1) is 0 Å². The molecule has 0 aromatic heterocycles. The Morgan fingerprint density at radius 2 is 1.95 bits per heavy atom. The molecular weight excluding hydrogens is 356 g/mol. The van der Waals surface area contributed by atoms with Gasteiger partial charge in [0.15, 0.2) is 0 Å². The second-order valence-electron chi connectivity index (χ2n) is 5.57. The number of aliphatic hydroxyl groups excluding tert-OH is 1. The minimum atomic E-state index is -3.69. The van der Waals surface area contributed by atoms with Crippen LogP contribution in [0.1, 0.15) is 37.7 Å². The molecular formula is C14H21BrN2O3S. The Labute approximate surface area is 134 Å². The van der Waals surface area contributed by atoms with Gasteiger partial charge in [-0.25, -0.2) is 13.1 Å². The highest BCUT2D eigenvalue weighted by molar-refractivity contribution is 9.10. The summed E-state index contributed by atoms with van der Waals surface area (Å²) in [6.45, 7) is 1.72. The van der Waals surface area contributed by atoms with Gasteiger partial charge in [-0.1, -0.05) is 19.3 Å². The number of aliphatic hydroxyl groups is 1. The first kappa shape index (κ1) is 16.7. The molecule has 0 saturated heterocycles. The summed E-state index contributed by atoms with van der Waals surface area (Å²) < 4.78 is 28.4. The van der Waals surface area contributed by atoms with Crippen LogP contribution >= 0.6 is 15.9 Å². The number of nitrogens with one attached hydrogen (secondary N) is 1. The zero-order chi connectivity index (χ0) is 15.6. The number of sulfonamides is 1. The third-order valence-electron chi connectivity index (χ3n) is 3.87. The van der Waals surface area contributed by atoms with E-state index in [1.807, 2.05) is 0 Å². The van der Waals surface area contributed by atoms with Gasteiger partial charge in [0, 0.05) is 16.2 Å². The summed E-state index contributed by atoms with van der Waals surface area (Å²) >= 11 is 3.29. The van der Waals surface area contributed by atoms with E-state index >= 15 is 0 Å². The Morgan fingerprint density at radius 3 is 2.67 bits per heavy atom. The molecule has 1 aromatic carbocycles. The van der Waals surface area contributed by atoms with Crippen LogP contribution in [0.15, 0.2) is 21.5 Å². The third kappa shape index (κ3) is 3.97. The lowest BCUT2D eigenvalue weighted by Crippen LogP contribution is -2.42. The zero-order valence-electron chi connectivity index (χ0n) is 12.0. The van der Waals surface area contributed by atoms with Crippen molar-refractivity contribution in [3.8, 4) is 0 Å². The molecule has 2 unspecified atom stereocenters. The molecule has 118 valence electrons. The van der Waals surface area contributed by atoms with Crippen LogP contribution < -0.4 is 10.5 Å². The van der Waals surface area contributed by atoms with Gasteiger partial charge < -0.3 is 10.8 Å². The predicted molar refractivity (Wildman–Crippen MR) is 86.5 cm³/mol. The van der Waals surface area contributed by atoms with Crippen LogP contribution in [0, 0.1) is 6.92 Å². The second kappa shape index (κ2) is 6.64. The summed E-state index contributed by atoms with van der Waals surface area (Å²) in [4.78, 5) is 0.166. The number of rotatable bonds is 3. The minimum Gasteiger partial charge on any atom is -0.398 e. The number of nitrogens with two attached hydrogens (primary N) is 1. The van der Waals surface area contributed by atoms with Crippen LogP contribution in [-0.4, -0.2) is 25.7 Å². The van der Waals surface area contributed by atoms with E-state index in [-0.39, 0.29) is 4.90 Å². The molecule has 1 aromatic rings. The first-order valence-electron chi connectivity index (χ1n) is 7.07. The zero-order valence-corrected chi connectivity index (χ0v) is 14.4. The van der Waals surface area contributed by atoms with E-state index in [0.29, 0.717) is 28.6 Å². The number of nitrogen functional groups attached to an aromatic ring is 1. The van der Waals surface area contributed by atoms with Gasteiger partial charge in [-0.2, -0.15) is 0 Å². The molecule has 1 fully saturated rings. The minimum absolute atomic E-state index is 0.166.